The van der Waals surface area contributed by atoms with Crippen molar-refractivity contribution >= 4 is 50.5 Å². The summed E-state index contributed by atoms with van der Waals surface area (Å²) >= 11 is 1.64. The Balaban J connectivity index is 0.000000229. The second kappa shape index (κ2) is 12.6. The van der Waals surface area contributed by atoms with Gasteiger partial charge in [-0.25, -0.2) is 0 Å². The number of benzene rings is 3. The second-order valence-electron chi connectivity index (χ2n) is 9.75. The lowest BCUT2D eigenvalue weighted by molar-refractivity contribution is -0.135. The lowest BCUT2D eigenvalue weighted by atomic mass is 10.0. The van der Waals surface area contributed by atoms with Gasteiger partial charge in [-0.05, 0) is 72.1 Å². The molecular formula is C33H29N3O5S. The molecule has 6 rings (SSSR count). The topological polar surface area (TPSA) is 108 Å². The van der Waals surface area contributed by atoms with Gasteiger partial charge in [0.1, 0.15) is 18.4 Å². The minimum Gasteiger partial charge on any atom is -0.481 e. The fourth-order valence-corrected chi connectivity index (χ4v) is 5.39. The number of fused-ring (bicyclic) bond motifs is 4. The van der Waals surface area contributed by atoms with Gasteiger partial charge in [0.25, 0.3) is 11.8 Å². The van der Waals surface area contributed by atoms with Crippen molar-refractivity contribution in [1.82, 2.24) is 10.6 Å². The highest BCUT2D eigenvalue weighted by Crippen LogP contribution is 2.41. The Morgan fingerprint density at radius 1 is 0.976 bits per heavy atom. The SMILES string of the molecule is CN(C)c1ccc2c(c1)C1=CC(NC(=O)c3cccc4sccc34)=CC=CC1O2.O=C(O)CNC(=O)c1ccccc1. The molecule has 1 aliphatic heterocycles. The van der Waals surface area contributed by atoms with E-state index in [4.69, 9.17) is 9.84 Å². The molecule has 8 nitrogen and oxygen atoms in total. The summed E-state index contributed by atoms with van der Waals surface area (Å²) < 4.78 is 7.20. The molecule has 0 fully saturated rings. The number of carbonyl (C=O) groups excluding carboxylic acids is 2. The van der Waals surface area contributed by atoms with Crippen molar-refractivity contribution in [3.05, 3.63) is 125 Å². The summed E-state index contributed by atoms with van der Waals surface area (Å²) in [5.74, 6) is -0.662. The number of thiophene rings is 1. The summed E-state index contributed by atoms with van der Waals surface area (Å²) in [4.78, 5) is 36.3. The van der Waals surface area contributed by atoms with Crippen LogP contribution in [0, 0.1) is 0 Å². The number of amides is 2. The number of carboxylic acids is 1. The maximum Gasteiger partial charge on any atom is 0.322 e. The second-order valence-corrected chi connectivity index (χ2v) is 10.7. The molecule has 3 aromatic carbocycles. The number of rotatable bonds is 6. The standard InChI is InChI=1S/C24H20N2O2S.C9H9NO3/c1-26(2)16-9-10-22-20(14-16)19-13-15(5-3-7-21(19)28-22)25-24(27)18-6-4-8-23-17(18)11-12-29-23;11-8(12)6-10-9(13)7-4-2-1-3-5-7/h3-14,21H,1-2H3,(H,25,27);1-5H,6H2,(H,10,13)(H,11,12). The third-order valence-corrected chi connectivity index (χ3v) is 7.54. The maximum absolute atomic E-state index is 13.0. The Morgan fingerprint density at radius 2 is 1.79 bits per heavy atom. The van der Waals surface area contributed by atoms with E-state index in [0.29, 0.717) is 11.1 Å². The average Bonchev–Trinajstić information content (AvgIpc) is 3.55. The smallest absolute Gasteiger partial charge is 0.322 e. The number of carbonyl (C=O) groups is 3. The van der Waals surface area contributed by atoms with Crippen LogP contribution in [0.3, 0.4) is 0 Å². The molecule has 9 heteroatoms. The number of aliphatic carboxylic acids is 1. The third kappa shape index (κ3) is 6.42. The van der Waals surface area contributed by atoms with E-state index in [1.807, 2.05) is 80.2 Å². The van der Waals surface area contributed by atoms with Gasteiger partial charge in [-0.15, -0.1) is 11.3 Å². The summed E-state index contributed by atoms with van der Waals surface area (Å²) in [5.41, 5.74) is 5.13. The fourth-order valence-electron chi connectivity index (χ4n) is 4.57. The zero-order valence-corrected chi connectivity index (χ0v) is 23.9. The summed E-state index contributed by atoms with van der Waals surface area (Å²) in [6.07, 6.45) is 7.73. The van der Waals surface area contributed by atoms with Gasteiger partial charge >= 0.3 is 5.97 Å². The molecule has 2 amide bonds. The van der Waals surface area contributed by atoms with Gasteiger partial charge in [0.2, 0.25) is 0 Å². The van der Waals surface area contributed by atoms with E-state index in [1.54, 1.807) is 41.7 Å². The minimum atomic E-state index is -1.05. The van der Waals surface area contributed by atoms with Crippen LogP contribution in [0.15, 0.2) is 108 Å². The normalized spacial score (nSPS) is 14.6. The summed E-state index contributed by atoms with van der Waals surface area (Å²) in [7, 11) is 4.04. The van der Waals surface area contributed by atoms with Crippen LogP contribution >= 0.6 is 11.3 Å². The van der Waals surface area contributed by atoms with Crippen molar-refractivity contribution in [2.45, 2.75) is 6.10 Å². The Labute approximate surface area is 247 Å². The molecule has 0 bridgehead atoms. The van der Waals surface area contributed by atoms with Gasteiger partial charge in [0, 0.05) is 57.8 Å². The highest BCUT2D eigenvalue weighted by Gasteiger charge is 2.28. The number of carboxylic acid groups (broad SMARTS) is 1. The molecule has 1 unspecified atom stereocenters. The zero-order valence-electron chi connectivity index (χ0n) is 23.0. The number of anilines is 1. The van der Waals surface area contributed by atoms with Crippen molar-refractivity contribution in [1.29, 1.82) is 0 Å². The van der Waals surface area contributed by atoms with Crippen LogP contribution in [0.25, 0.3) is 15.7 Å². The van der Waals surface area contributed by atoms with Crippen LogP contribution in [-0.2, 0) is 4.79 Å². The summed E-state index contributed by atoms with van der Waals surface area (Å²) in [6.45, 7) is -0.353. The van der Waals surface area contributed by atoms with Crippen LogP contribution in [0.1, 0.15) is 26.3 Å². The van der Waals surface area contributed by atoms with E-state index < -0.39 is 5.97 Å². The molecular weight excluding hydrogens is 550 g/mol. The van der Waals surface area contributed by atoms with E-state index in [9.17, 15) is 14.4 Å². The van der Waals surface area contributed by atoms with Gasteiger partial charge in [-0.2, -0.15) is 0 Å². The van der Waals surface area contributed by atoms with Gasteiger partial charge in [0.15, 0.2) is 0 Å². The number of hydrogen-bond donors (Lipinski definition) is 3. The van der Waals surface area contributed by atoms with Crippen LogP contribution in [0.5, 0.6) is 5.75 Å². The van der Waals surface area contributed by atoms with E-state index in [2.05, 4.69) is 21.6 Å². The van der Waals surface area contributed by atoms with Gasteiger partial charge in [0.05, 0.1) is 0 Å². The first-order chi connectivity index (χ1) is 20.3. The summed E-state index contributed by atoms with van der Waals surface area (Å²) in [5, 5.41) is 16.6. The minimum absolute atomic E-state index is 0.106. The van der Waals surface area contributed by atoms with Gasteiger partial charge in [-0.1, -0.05) is 30.3 Å². The molecule has 0 radical (unpaired) electrons. The highest BCUT2D eigenvalue weighted by atomic mass is 32.1. The molecule has 2 heterocycles. The molecule has 42 heavy (non-hydrogen) atoms. The molecule has 0 saturated heterocycles. The molecule has 3 N–H and O–H groups in total. The Morgan fingerprint density at radius 3 is 2.55 bits per heavy atom. The van der Waals surface area contributed by atoms with Crippen molar-refractivity contribution < 1.29 is 24.2 Å². The Hall–Kier alpha value is -5.15. The number of ether oxygens (including phenoxy) is 1. The first-order valence-corrected chi connectivity index (χ1v) is 14.1. The van der Waals surface area contributed by atoms with Crippen LogP contribution < -0.4 is 20.3 Å². The number of nitrogens with one attached hydrogen (secondary N) is 2. The Kier molecular flexibility index (Phi) is 8.50. The first-order valence-electron chi connectivity index (χ1n) is 13.2. The van der Waals surface area contributed by atoms with E-state index >= 15 is 0 Å². The number of allylic oxidation sites excluding steroid dienone is 3. The average molecular weight is 580 g/mol. The predicted octanol–water partition coefficient (Wildman–Crippen LogP) is 5.50. The molecule has 1 aromatic heterocycles. The largest absolute Gasteiger partial charge is 0.481 e. The lowest BCUT2D eigenvalue weighted by Crippen LogP contribution is -2.29. The van der Waals surface area contributed by atoms with E-state index in [1.165, 1.54) is 0 Å². The summed E-state index contributed by atoms with van der Waals surface area (Å²) in [6, 6.07) is 22.5. The Bertz CT molecular complexity index is 1740. The van der Waals surface area contributed by atoms with E-state index in [-0.39, 0.29) is 24.5 Å². The fraction of sp³-hybridized carbons (Fsp3) is 0.121. The monoisotopic (exact) mass is 579 g/mol. The van der Waals surface area contributed by atoms with Crippen molar-refractivity contribution in [2.75, 3.05) is 25.5 Å². The molecule has 0 spiro atoms. The molecule has 1 atom stereocenters. The lowest BCUT2D eigenvalue weighted by Gasteiger charge is -2.13. The first kappa shape index (κ1) is 28.4. The van der Waals surface area contributed by atoms with Crippen LogP contribution in [-0.4, -0.2) is 49.6 Å². The maximum atomic E-state index is 13.0. The van der Waals surface area contributed by atoms with Crippen molar-refractivity contribution in [3.63, 3.8) is 0 Å². The molecule has 1 aliphatic carbocycles. The van der Waals surface area contributed by atoms with E-state index in [0.717, 1.165) is 38.4 Å². The molecule has 2 aliphatic rings. The van der Waals surface area contributed by atoms with Crippen molar-refractivity contribution in [2.24, 2.45) is 0 Å². The highest BCUT2D eigenvalue weighted by molar-refractivity contribution is 7.17. The van der Waals surface area contributed by atoms with Crippen LogP contribution in [0.4, 0.5) is 5.69 Å². The van der Waals surface area contributed by atoms with Gasteiger partial charge < -0.3 is 25.4 Å². The quantitative estimate of drug-likeness (QED) is 0.279. The van der Waals surface area contributed by atoms with Gasteiger partial charge in [-0.3, -0.25) is 14.4 Å². The predicted molar refractivity (Wildman–Crippen MR) is 166 cm³/mol. The molecule has 4 aromatic rings. The number of nitrogens with zero attached hydrogens (tertiary/aromatic N) is 1. The van der Waals surface area contributed by atoms with Crippen molar-refractivity contribution in [3.8, 4) is 5.75 Å². The number of hydrogen-bond acceptors (Lipinski definition) is 6. The molecule has 212 valence electrons. The molecule has 0 saturated carbocycles. The van der Waals surface area contributed by atoms with Crippen LogP contribution in [0.2, 0.25) is 0 Å². The zero-order chi connectivity index (χ0) is 29.6. The third-order valence-electron chi connectivity index (χ3n) is 6.66.